The maximum absolute atomic E-state index is 5.32. The van der Waals surface area contributed by atoms with Crippen LogP contribution >= 0.6 is 11.3 Å². The predicted octanol–water partition coefficient (Wildman–Crippen LogP) is 13.0. The second-order valence-electron chi connectivity index (χ2n) is 14.9. The molecule has 8 aromatic rings. The second kappa shape index (κ2) is 13.6. The van der Waals surface area contributed by atoms with Gasteiger partial charge in [-0.15, -0.1) is 11.3 Å². The van der Waals surface area contributed by atoms with Gasteiger partial charge in [0.25, 0.3) is 0 Å². The number of aliphatic imine (C=N–C) groups is 2. The number of nitrogens with zero attached hydrogens (tertiary/aromatic N) is 3. The van der Waals surface area contributed by atoms with Crippen LogP contribution in [0.2, 0.25) is 0 Å². The SMILES string of the molecule is C1=CCC(C2N=C(C3=CC(n4c5ccc(-c6ccccc6)cc5c5ccc(-c6cccc7c6sc6ccccc67)cc54)=CCC3)N=C(c3ccccc3)N2)C=C1. The van der Waals surface area contributed by atoms with Crippen molar-refractivity contribution in [3.8, 4) is 22.3 Å². The number of rotatable bonds is 6. The highest BCUT2D eigenvalue weighted by Crippen LogP contribution is 2.43. The molecule has 3 aliphatic rings. The van der Waals surface area contributed by atoms with Gasteiger partial charge in [-0.25, -0.2) is 9.98 Å². The maximum Gasteiger partial charge on any atom is 0.155 e. The number of hydrogen-bond acceptors (Lipinski definition) is 4. The quantitative estimate of drug-likeness (QED) is 0.181. The van der Waals surface area contributed by atoms with Crippen LogP contribution in [0.1, 0.15) is 24.8 Å². The van der Waals surface area contributed by atoms with E-state index in [0.29, 0.717) is 0 Å². The molecular weight excluding hydrogens is 701 g/mol. The molecule has 2 atom stereocenters. The van der Waals surface area contributed by atoms with E-state index in [-0.39, 0.29) is 12.1 Å². The summed E-state index contributed by atoms with van der Waals surface area (Å²) in [6, 6.07) is 50.7. The first-order valence-corrected chi connectivity index (χ1v) is 20.3. The molecule has 2 aromatic heterocycles. The van der Waals surface area contributed by atoms with E-state index in [2.05, 4.69) is 186 Å². The van der Waals surface area contributed by atoms with Crippen molar-refractivity contribution in [2.24, 2.45) is 15.9 Å². The summed E-state index contributed by atoms with van der Waals surface area (Å²) in [5.41, 5.74) is 10.7. The normalized spacial score (nSPS) is 18.2. The molecule has 2 unspecified atom stereocenters. The third-order valence-electron chi connectivity index (χ3n) is 11.5. The second-order valence-corrected chi connectivity index (χ2v) is 15.9. The molecular formula is C51H38N4S. The van der Waals surface area contributed by atoms with E-state index in [4.69, 9.17) is 9.98 Å². The average Bonchev–Trinajstić information content (AvgIpc) is 3.82. The molecule has 2 aliphatic carbocycles. The first kappa shape index (κ1) is 32.8. The lowest BCUT2D eigenvalue weighted by Gasteiger charge is -2.29. The van der Waals surface area contributed by atoms with Gasteiger partial charge in [-0.3, -0.25) is 0 Å². The van der Waals surface area contributed by atoms with Gasteiger partial charge in [0.1, 0.15) is 12.0 Å². The van der Waals surface area contributed by atoms with E-state index in [0.717, 1.165) is 42.2 Å². The summed E-state index contributed by atoms with van der Waals surface area (Å²) in [5, 5.41) is 8.81. The Hall–Kier alpha value is -6.56. The fourth-order valence-corrected chi connectivity index (χ4v) is 9.91. The van der Waals surface area contributed by atoms with E-state index >= 15 is 0 Å². The molecule has 4 nitrogen and oxygen atoms in total. The van der Waals surface area contributed by atoms with Crippen molar-refractivity contribution in [3.63, 3.8) is 0 Å². The summed E-state index contributed by atoms with van der Waals surface area (Å²) in [7, 11) is 0. The molecule has 1 N–H and O–H groups in total. The Labute approximate surface area is 329 Å². The Bertz CT molecular complexity index is 3030. The molecule has 1 aliphatic heterocycles. The lowest BCUT2D eigenvalue weighted by Crippen LogP contribution is -2.43. The van der Waals surface area contributed by atoms with Gasteiger partial charge in [-0.05, 0) is 77.4 Å². The fourth-order valence-electron chi connectivity index (χ4n) is 8.68. The van der Waals surface area contributed by atoms with Gasteiger partial charge in [-0.2, -0.15) is 0 Å². The van der Waals surface area contributed by atoms with Gasteiger partial charge in [0.05, 0.1) is 11.0 Å². The van der Waals surface area contributed by atoms with Gasteiger partial charge in [0, 0.05) is 48.1 Å². The Morgan fingerprint density at radius 2 is 1.45 bits per heavy atom. The minimum atomic E-state index is -0.0991. The summed E-state index contributed by atoms with van der Waals surface area (Å²) in [6.07, 6.45) is 16.1. The standard InChI is InChI=1S/C51H38N4S/c1-4-14-33(15-5-1)36-27-29-45-44(31-36)41-28-26-37(40-23-13-24-43-42-22-10-11-25-47(42)56-48(40)43)32-46(41)55(45)39-21-12-20-38(30-39)51-53-49(34-16-6-2-7-17-34)52-50(54-51)35-18-8-3-9-19-35/h1-11,13-18,21-32,35,50H,12,19-20H2,(H,52,53,54). The maximum atomic E-state index is 5.32. The van der Waals surface area contributed by atoms with Crippen molar-refractivity contribution >= 4 is 70.7 Å². The van der Waals surface area contributed by atoms with E-state index in [1.807, 2.05) is 11.3 Å². The Morgan fingerprint density at radius 3 is 2.30 bits per heavy atom. The number of aromatic nitrogens is 1. The van der Waals surface area contributed by atoms with E-state index < -0.39 is 0 Å². The van der Waals surface area contributed by atoms with Crippen molar-refractivity contribution in [2.45, 2.75) is 25.4 Å². The van der Waals surface area contributed by atoms with Crippen molar-refractivity contribution < 1.29 is 0 Å². The van der Waals surface area contributed by atoms with Crippen LogP contribution < -0.4 is 5.32 Å². The molecule has 0 spiro atoms. The van der Waals surface area contributed by atoms with Crippen molar-refractivity contribution in [1.29, 1.82) is 0 Å². The highest BCUT2D eigenvalue weighted by Gasteiger charge is 2.27. The van der Waals surface area contributed by atoms with Gasteiger partial charge in [0.15, 0.2) is 5.84 Å². The summed E-state index contributed by atoms with van der Waals surface area (Å²) in [6.45, 7) is 0. The molecule has 5 heteroatoms. The van der Waals surface area contributed by atoms with Crippen LogP contribution in [0.5, 0.6) is 0 Å². The summed E-state index contributed by atoms with van der Waals surface area (Å²) < 4.78 is 5.12. The zero-order valence-corrected chi connectivity index (χ0v) is 31.6. The zero-order valence-electron chi connectivity index (χ0n) is 30.8. The summed E-state index contributed by atoms with van der Waals surface area (Å²) in [4.78, 5) is 10.5. The number of nitrogens with one attached hydrogen (secondary N) is 1. The van der Waals surface area contributed by atoms with Crippen LogP contribution in [0.3, 0.4) is 0 Å². The Balaban J connectivity index is 1.09. The van der Waals surface area contributed by atoms with Crippen LogP contribution in [-0.2, 0) is 0 Å². The molecule has 0 amide bonds. The minimum Gasteiger partial charge on any atom is -0.347 e. The number of benzene rings is 6. The topological polar surface area (TPSA) is 41.7 Å². The Morgan fingerprint density at radius 1 is 0.643 bits per heavy atom. The first-order valence-electron chi connectivity index (χ1n) is 19.5. The largest absolute Gasteiger partial charge is 0.347 e. The number of amidine groups is 2. The lowest BCUT2D eigenvalue weighted by atomic mass is 9.96. The van der Waals surface area contributed by atoms with Crippen LogP contribution in [-0.4, -0.2) is 22.4 Å². The first-order chi connectivity index (χ1) is 27.7. The van der Waals surface area contributed by atoms with Crippen LogP contribution in [0.4, 0.5) is 0 Å². The zero-order chi connectivity index (χ0) is 37.0. The van der Waals surface area contributed by atoms with Gasteiger partial charge in [0.2, 0.25) is 0 Å². The highest BCUT2D eigenvalue weighted by atomic mass is 32.1. The van der Waals surface area contributed by atoms with E-state index in [9.17, 15) is 0 Å². The molecule has 0 saturated heterocycles. The van der Waals surface area contributed by atoms with Crippen LogP contribution in [0.15, 0.2) is 192 Å². The molecule has 11 rings (SSSR count). The predicted molar refractivity (Wildman–Crippen MR) is 239 cm³/mol. The molecule has 0 bridgehead atoms. The number of fused-ring (bicyclic) bond motifs is 6. The molecule has 0 saturated carbocycles. The fraction of sp³-hybridized carbons (Fsp3) is 0.0980. The highest BCUT2D eigenvalue weighted by molar-refractivity contribution is 7.26. The average molecular weight is 739 g/mol. The molecule has 56 heavy (non-hydrogen) atoms. The van der Waals surface area contributed by atoms with Crippen molar-refractivity contribution in [2.75, 3.05) is 0 Å². The molecule has 0 fully saturated rings. The number of thiophene rings is 1. The summed E-state index contributed by atoms with van der Waals surface area (Å²) >= 11 is 1.88. The molecule has 6 aromatic carbocycles. The number of allylic oxidation sites excluding steroid dienone is 6. The third kappa shape index (κ3) is 5.66. The van der Waals surface area contributed by atoms with Crippen molar-refractivity contribution in [1.82, 2.24) is 9.88 Å². The Kier molecular flexibility index (Phi) is 7.99. The smallest absolute Gasteiger partial charge is 0.155 e. The monoisotopic (exact) mass is 738 g/mol. The number of hydrogen-bond donors (Lipinski definition) is 1. The van der Waals surface area contributed by atoms with Gasteiger partial charge in [-0.1, -0.05) is 146 Å². The van der Waals surface area contributed by atoms with Gasteiger partial charge < -0.3 is 9.88 Å². The van der Waals surface area contributed by atoms with E-state index in [1.54, 1.807) is 0 Å². The van der Waals surface area contributed by atoms with Crippen molar-refractivity contribution in [3.05, 3.63) is 187 Å². The lowest BCUT2D eigenvalue weighted by molar-refractivity contribution is 0.475. The molecule has 0 radical (unpaired) electrons. The van der Waals surface area contributed by atoms with Crippen LogP contribution in [0, 0.1) is 5.92 Å². The third-order valence-corrected chi connectivity index (χ3v) is 12.7. The van der Waals surface area contributed by atoms with Gasteiger partial charge >= 0.3 is 0 Å². The van der Waals surface area contributed by atoms with E-state index in [1.165, 1.54) is 69.8 Å². The minimum absolute atomic E-state index is 0.0991. The molecule has 268 valence electrons. The molecule has 3 heterocycles. The van der Waals surface area contributed by atoms with Crippen LogP contribution in [0.25, 0.3) is 69.9 Å². The summed E-state index contributed by atoms with van der Waals surface area (Å²) in [5.74, 6) is 1.96.